The van der Waals surface area contributed by atoms with Gasteiger partial charge in [-0.2, -0.15) is 38.2 Å². The number of methoxy groups -OCH3 is 1. The van der Waals surface area contributed by atoms with Crippen LogP contribution in [0.4, 0.5) is 11.4 Å². The molecule has 388 valence electrons. The highest BCUT2D eigenvalue weighted by Crippen LogP contribution is 2.54. The van der Waals surface area contributed by atoms with Crippen molar-refractivity contribution in [3.63, 3.8) is 0 Å². The van der Waals surface area contributed by atoms with E-state index in [2.05, 4.69) is 0 Å². The number of rotatable bonds is 25. The summed E-state index contributed by atoms with van der Waals surface area (Å²) in [5.41, 5.74) is 1.29. The maximum absolute atomic E-state index is 12.9. The summed E-state index contributed by atoms with van der Waals surface area (Å²) in [6.45, 7) is 10.1. The average Bonchev–Trinajstić information content (AvgIpc) is 3.65. The zero-order valence-corrected chi connectivity index (χ0v) is 43.1. The first-order valence-corrected chi connectivity index (χ1v) is 28.3. The van der Waals surface area contributed by atoms with Crippen LogP contribution in [0, 0.1) is 0 Å². The highest BCUT2D eigenvalue weighted by atomic mass is 32.2. The molecular weight excluding hydrogens is 1010 g/mol. The Bertz CT molecular complexity index is 3280. The van der Waals surface area contributed by atoms with Crippen LogP contribution in [0.25, 0.3) is 21.5 Å². The summed E-state index contributed by atoms with van der Waals surface area (Å²) in [4.78, 5) is 10.4. The lowest BCUT2D eigenvalue weighted by Gasteiger charge is -2.31. The fourth-order valence-electron chi connectivity index (χ4n) is 9.61. The second kappa shape index (κ2) is 21.8. The van der Waals surface area contributed by atoms with Crippen LogP contribution in [0.3, 0.4) is 0 Å². The molecule has 0 bridgehead atoms. The first kappa shape index (κ1) is 55.6. The second-order valence-electron chi connectivity index (χ2n) is 17.8. The van der Waals surface area contributed by atoms with E-state index in [9.17, 15) is 61.8 Å². The fourth-order valence-corrected chi connectivity index (χ4v) is 12.3. The number of unbranched alkanes of at least 4 members (excludes halogenated alkanes) is 2. The predicted octanol–water partition coefficient (Wildman–Crippen LogP) is 6.33. The number of aliphatic carboxylic acids is 1. The molecule has 1 atom stereocenters. The predicted molar refractivity (Wildman–Crippen MR) is 263 cm³/mol. The summed E-state index contributed by atoms with van der Waals surface area (Å²) in [5.74, 6) is -0.951. The van der Waals surface area contributed by atoms with Crippen LogP contribution in [-0.4, -0.2) is 140 Å². The van der Waals surface area contributed by atoms with Crippen molar-refractivity contribution in [2.75, 3.05) is 71.3 Å². The van der Waals surface area contributed by atoms with Crippen LogP contribution in [-0.2, 0) is 75.0 Å². The molecule has 0 saturated carbocycles. The molecule has 5 N–H and O–H groups in total. The van der Waals surface area contributed by atoms with Crippen molar-refractivity contribution in [3.05, 3.63) is 83.6 Å². The van der Waals surface area contributed by atoms with E-state index in [1.54, 1.807) is 25.3 Å². The van der Waals surface area contributed by atoms with Gasteiger partial charge in [0, 0.05) is 72.0 Å². The maximum Gasteiger partial charge on any atom is 0.303 e. The maximum atomic E-state index is 12.9. The van der Waals surface area contributed by atoms with Crippen molar-refractivity contribution >= 4 is 85.1 Å². The number of nitrogens with zero attached hydrogens (tertiary/aromatic N) is 2. The summed E-state index contributed by atoms with van der Waals surface area (Å²) in [5, 5.41) is 9.60. The molecule has 2 aliphatic rings. The third-order valence-electron chi connectivity index (χ3n) is 12.8. The molecule has 71 heavy (non-hydrogen) atoms. The SMILES string of the molecule is CC[N+]1=C(/C=C/C=C2/N(CCCCCC(=O)O)c3ccc4c(S(=O)(=O)O)cc(S(=O)(=O)O)cc4c3C2(C)CCOCCOCCOCCOC)C(C)(C)c2c1ccc1c(S(=O)(=O)O)cc(S(=O)(=O)O)cc21. The van der Waals surface area contributed by atoms with Gasteiger partial charge < -0.3 is 29.0 Å². The number of carbonyl (C=O) groups is 1. The summed E-state index contributed by atoms with van der Waals surface area (Å²) < 4.78 is 166. The van der Waals surface area contributed by atoms with Crippen LogP contribution in [0.1, 0.15) is 70.9 Å². The molecule has 24 heteroatoms. The summed E-state index contributed by atoms with van der Waals surface area (Å²) in [7, 11) is -18.5. The van der Waals surface area contributed by atoms with Crippen LogP contribution >= 0.6 is 0 Å². The van der Waals surface area contributed by atoms with E-state index in [1.807, 2.05) is 49.3 Å². The van der Waals surface area contributed by atoms with Crippen molar-refractivity contribution < 1.29 is 85.3 Å². The van der Waals surface area contributed by atoms with Crippen molar-refractivity contribution in [2.45, 2.75) is 90.2 Å². The molecule has 4 aromatic carbocycles. The van der Waals surface area contributed by atoms with Gasteiger partial charge in [0.25, 0.3) is 40.5 Å². The average molecular weight is 1070 g/mol. The van der Waals surface area contributed by atoms with Crippen molar-refractivity contribution in [1.29, 1.82) is 0 Å². The lowest BCUT2D eigenvalue weighted by molar-refractivity contribution is -0.433. The van der Waals surface area contributed by atoms with E-state index in [-0.39, 0.29) is 54.2 Å². The summed E-state index contributed by atoms with van der Waals surface area (Å²) in [6.07, 6.45) is 6.95. The zero-order valence-electron chi connectivity index (χ0n) is 39.8. The fraction of sp³-hybridized carbons (Fsp3) is 0.447. The Morgan fingerprint density at radius 3 is 1.69 bits per heavy atom. The first-order chi connectivity index (χ1) is 33.2. The quantitative estimate of drug-likeness (QED) is 0.0275. The minimum atomic E-state index is -5.07. The van der Waals surface area contributed by atoms with Crippen molar-refractivity contribution in [3.8, 4) is 0 Å². The Kier molecular flexibility index (Phi) is 17.1. The van der Waals surface area contributed by atoms with Gasteiger partial charge in [0.15, 0.2) is 5.71 Å². The Morgan fingerprint density at radius 1 is 0.662 bits per heavy atom. The molecule has 1 unspecified atom stereocenters. The minimum Gasteiger partial charge on any atom is -0.481 e. The van der Waals surface area contributed by atoms with E-state index in [0.717, 1.165) is 12.1 Å². The molecule has 0 radical (unpaired) electrons. The smallest absolute Gasteiger partial charge is 0.303 e. The second-order valence-corrected chi connectivity index (χ2v) is 23.4. The van der Waals surface area contributed by atoms with Crippen LogP contribution in [0.15, 0.2) is 92.0 Å². The van der Waals surface area contributed by atoms with Crippen LogP contribution in [0.5, 0.6) is 0 Å². The van der Waals surface area contributed by atoms with E-state index < -0.39 is 76.9 Å². The molecule has 0 spiro atoms. The van der Waals surface area contributed by atoms with Crippen molar-refractivity contribution in [2.24, 2.45) is 0 Å². The Balaban J connectivity index is 1.50. The molecule has 0 aliphatic carbocycles. The number of anilines is 1. The molecule has 0 aromatic heterocycles. The van der Waals surface area contributed by atoms with Crippen LogP contribution in [0.2, 0.25) is 0 Å². The number of hydrogen-bond donors (Lipinski definition) is 5. The molecular formula is C47H59N2O18S4+. The van der Waals surface area contributed by atoms with Gasteiger partial charge in [0.2, 0.25) is 5.69 Å². The molecule has 0 fully saturated rings. The molecule has 0 amide bonds. The van der Waals surface area contributed by atoms with Gasteiger partial charge in [0.05, 0.1) is 54.8 Å². The van der Waals surface area contributed by atoms with E-state index in [1.165, 1.54) is 12.1 Å². The van der Waals surface area contributed by atoms with Gasteiger partial charge in [-0.25, -0.2) is 0 Å². The van der Waals surface area contributed by atoms with Gasteiger partial charge in [-0.05, 0) is 106 Å². The number of allylic oxidation sites excluding steroid dienone is 4. The van der Waals surface area contributed by atoms with E-state index in [4.69, 9.17) is 18.9 Å². The Morgan fingerprint density at radius 2 is 1.18 bits per heavy atom. The van der Waals surface area contributed by atoms with E-state index >= 15 is 0 Å². The number of ether oxygens (including phenoxy) is 4. The Labute approximate surface area is 413 Å². The zero-order chi connectivity index (χ0) is 52.3. The number of benzene rings is 4. The number of carboxylic acids is 1. The van der Waals surface area contributed by atoms with Crippen LogP contribution < -0.4 is 4.90 Å². The highest BCUT2D eigenvalue weighted by Gasteiger charge is 2.47. The molecule has 20 nitrogen and oxygen atoms in total. The Hall–Kier alpha value is -4.70. The lowest BCUT2D eigenvalue weighted by atomic mass is 9.76. The van der Waals surface area contributed by atoms with Gasteiger partial charge in [-0.3, -0.25) is 23.0 Å². The van der Waals surface area contributed by atoms with Gasteiger partial charge in [0.1, 0.15) is 16.3 Å². The summed E-state index contributed by atoms with van der Waals surface area (Å²) in [6, 6.07) is 9.90. The topological polar surface area (TPSA) is 298 Å². The lowest BCUT2D eigenvalue weighted by Crippen LogP contribution is -2.31. The van der Waals surface area contributed by atoms with Crippen molar-refractivity contribution in [1.82, 2.24) is 0 Å². The highest BCUT2D eigenvalue weighted by molar-refractivity contribution is 7.87. The number of carboxylic acid groups (broad SMARTS) is 1. The largest absolute Gasteiger partial charge is 0.481 e. The monoisotopic (exact) mass is 1070 g/mol. The summed E-state index contributed by atoms with van der Waals surface area (Å²) >= 11 is 0. The minimum absolute atomic E-state index is 0.0220. The molecule has 2 heterocycles. The number of hydrogen-bond acceptors (Lipinski definition) is 14. The molecule has 6 rings (SSSR count). The third-order valence-corrected chi connectivity index (χ3v) is 16.3. The van der Waals surface area contributed by atoms with Gasteiger partial charge in [-0.1, -0.05) is 18.6 Å². The third kappa shape index (κ3) is 12.1. The van der Waals surface area contributed by atoms with Gasteiger partial charge in [-0.15, -0.1) is 0 Å². The molecule has 4 aromatic rings. The molecule has 0 saturated heterocycles. The standard InChI is InChI=1S/C47H58N2O18S4/c1-6-48-37-16-14-33-35(27-31(68(52,53)54)29-39(33)70(58,59)60)44(37)46(2,3)41(48)11-10-12-42-47(4,18-20-65-23-24-67-26-25-66-22-21-64-5)45-36-28-32(69(55,56)57)30-40(71(61,62)63)34(36)15-17-38(45)49(42)19-9-7-8-13-43(50)51/h10-12,14-17,27-30H,6-9,13,18-26H2,1-5H3,(H4-,50,51,52,53,54,55,56,57,58,59,60,61,62,63)/p+1. The first-order valence-electron chi connectivity index (χ1n) is 22.6. The normalized spacial score (nSPS) is 17.9. The number of fused-ring (bicyclic) bond motifs is 6. The molecule has 2 aliphatic heterocycles. The van der Waals surface area contributed by atoms with Gasteiger partial charge >= 0.3 is 5.97 Å². The van der Waals surface area contributed by atoms with E-state index in [0.29, 0.717) is 105 Å².